The normalized spacial score (nSPS) is 28.3. The molecule has 0 amide bonds. The van der Waals surface area contributed by atoms with E-state index in [9.17, 15) is 70.3 Å². The van der Waals surface area contributed by atoms with E-state index >= 15 is 0 Å². The number of hydrogen-bond donors (Lipinski definition) is 2. The van der Waals surface area contributed by atoms with E-state index < -0.39 is 72.7 Å². The van der Waals surface area contributed by atoms with Gasteiger partial charge in [0.05, 0.1) is 5.41 Å². The Morgan fingerprint density at radius 2 is 0.976 bits per heavy atom. The molecular weight excluding hydrogens is 642 g/mol. The van der Waals surface area contributed by atoms with Crippen LogP contribution in [0.15, 0.2) is 0 Å². The fourth-order valence-electron chi connectivity index (χ4n) is 5.68. The van der Waals surface area contributed by atoms with Crippen molar-refractivity contribution in [3.05, 3.63) is 0 Å². The lowest BCUT2D eigenvalue weighted by Gasteiger charge is -2.55. The van der Waals surface area contributed by atoms with Crippen LogP contribution in [0.1, 0.15) is 45.4 Å². The predicted molar refractivity (Wildman–Crippen MR) is 111 cm³/mol. The van der Waals surface area contributed by atoms with Crippen LogP contribution in [0, 0.1) is 23.2 Å². The third-order valence-electron chi connectivity index (χ3n) is 6.87. The fourth-order valence-corrected chi connectivity index (χ4v) is 6.59. The summed E-state index contributed by atoms with van der Waals surface area (Å²) in [6.07, 6.45) is -16.8. The molecule has 0 saturated heterocycles. The van der Waals surface area contributed by atoms with Gasteiger partial charge < -0.3 is 9.47 Å². The maximum absolute atomic E-state index is 13.6. The summed E-state index contributed by atoms with van der Waals surface area (Å²) in [6.45, 7) is 0.374. The third kappa shape index (κ3) is 7.53. The first-order chi connectivity index (χ1) is 18.0. The van der Waals surface area contributed by atoms with Gasteiger partial charge in [0.25, 0.3) is 12.2 Å². The third-order valence-corrected chi connectivity index (χ3v) is 8.68. The molecule has 2 unspecified atom stereocenters. The molecule has 0 aliphatic heterocycles. The molecule has 2 atom stereocenters. The summed E-state index contributed by atoms with van der Waals surface area (Å²) in [7, 11) is -12.8. The molecule has 0 heterocycles. The van der Waals surface area contributed by atoms with Crippen LogP contribution in [-0.4, -0.2) is 72.9 Å². The molecule has 240 valence electrons. The molecule has 2 N–H and O–H groups in total. The van der Waals surface area contributed by atoms with Crippen LogP contribution in [0.3, 0.4) is 0 Å². The zero-order valence-electron chi connectivity index (χ0n) is 20.4. The second kappa shape index (κ2) is 11.0. The zero-order chi connectivity index (χ0) is 32.2. The number of hydrogen-bond acceptors (Lipinski definition) is 8. The number of carbonyl (C=O) groups excluding carboxylic acids is 2. The Morgan fingerprint density at radius 3 is 1.22 bits per heavy atom. The molecule has 10 nitrogen and oxygen atoms in total. The minimum Gasteiger partial charge on any atom is -0.445 e. The van der Waals surface area contributed by atoms with Crippen molar-refractivity contribution in [3.8, 4) is 0 Å². The van der Waals surface area contributed by atoms with Gasteiger partial charge in [-0.2, -0.15) is 60.7 Å². The van der Waals surface area contributed by atoms with Gasteiger partial charge in [-0.15, -0.1) is 0 Å². The van der Waals surface area contributed by atoms with Crippen molar-refractivity contribution in [2.75, 3.05) is 0 Å². The van der Waals surface area contributed by atoms with E-state index in [1.165, 1.54) is 0 Å². The quantitative estimate of drug-likeness (QED) is 0.230. The maximum Gasteiger partial charge on any atom is 0.432 e. The summed E-state index contributed by atoms with van der Waals surface area (Å²) in [4.78, 5) is 22.5. The largest absolute Gasteiger partial charge is 0.445 e. The van der Waals surface area contributed by atoms with Gasteiger partial charge in [0, 0.05) is 6.92 Å². The lowest BCUT2D eigenvalue weighted by atomic mass is 9.49. The second-order valence-electron chi connectivity index (χ2n) is 10.1. The Kier molecular flexibility index (Phi) is 9.43. The molecule has 4 bridgehead atoms. The number of halogens is 10. The van der Waals surface area contributed by atoms with E-state index in [-0.39, 0.29) is 37.0 Å². The minimum absolute atomic E-state index is 0.144. The van der Waals surface area contributed by atoms with Crippen LogP contribution in [-0.2, 0) is 39.3 Å². The van der Waals surface area contributed by atoms with E-state index in [0.29, 0.717) is 6.92 Å². The van der Waals surface area contributed by atoms with Crippen LogP contribution >= 0.6 is 0 Å². The van der Waals surface area contributed by atoms with Gasteiger partial charge in [0.2, 0.25) is 0 Å². The van der Waals surface area contributed by atoms with Gasteiger partial charge in [-0.1, -0.05) is 0 Å². The molecule has 0 aromatic rings. The first kappa shape index (κ1) is 35.3. The first-order valence-corrected chi connectivity index (χ1v) is 14.1. The van der Waals surface area contributed by atoms with Crippen molar-refractivity contribution >= 4 is 32.2 Å². The lowest BCUT2D eigenvalue weighted by Crippen LogP contribution is -2.56. The number of carbonyl (C=O) groups is 2. The molecule has 22 heteroatoms. The highest BCUT2D eigenvalue weighted by Crippen LogP contribution is 2.60. The van der Waals surface area contributed by atoms with Crippen LogP contribution in [0.25, 0.3) is 0 Å². The van der Waals surface area contributed by atoms with Gasteiger partial charge in [-0.05, 0) is 56.3 Å². The Bertz CT molecular complexity index is 1190. The maximum atomic E-state index is 13.6. The van der Waals surface area contributed by atoms with E-state index in [1.807, 2.05) is 0 Å². The number of rotatable bonds is 7. The monoisotopic (exact) mass is 664 g/mol. The Balaban J connectivity index is 0.000000320. The molecular formula is C19H22F10O10S2. The summed E-state index contributed by atoms with van der Waals surface area (Å²) < 4.78 is 192. The van der Waals surface area contributed by atoms with Crippen LogP contribution in [0.2, 0.25) is 0 Å². The molecule has 0 aromatic heterocycles. The van der Waals surface area contributed by atoms with Crippen LogP contribution < -0.4 is 0 Å². The van der Waals surface area contributed by atoms with Crippen molar-refractivity contribution in [2.45, 2.75) is 80.5 Å². The number of alkyl halides is 10. The van der Waals surface area contributed by atoms with Gasteiger partial charge in [-0.3, -0.25) is 18.7 Å². The molecule has 4 rings (SSSR count). The number of esters is 2. The molecule has 4 aliphatic rings. The summed E-state index contributed by atoms with van der Waals surface area (Å²) in [5, 5.41) is -11.3. The van der Waals surface area contributed by atoms with Crippen LogP contribution in [0.4, 0.5) is 43.9 Å². The van der Waals surface area contributed by atoms with E-state index in [0.717, 1.165) is 19.3 Å². The molecule has 0 spiro atoms. The molecule has 0 aromatic carbocycles. The van der Waals surface area contributed by atoms with E-state index in [1.54, 1.807) is 0 Å². The van der Waals surface area contributed by atoms with E-state index in [4.69, 9.17) is 9.11 Å². The van der Waals surface area contributed by atoms with Gasteiger partial charge >= 0.3 is 55.0 Å². The van der Waals surface area contributed by atoms with Gasteiger partial charge in [0.15, 0.2) is 0 Å². The smallest absolute Gasteiger partial charge is 0.432 e. The summed E-state index contributed by atoms with van der Waals surface area (Å²) in [5.41, 5.74) is -1.27. The Hall–Kier alpha value is -1.94. The van der Waals surface area contributed by atoms with Crippen molar-refractivity contribution in [1.82, 2.24) is 0 Å². The standard InChI is InChI=1S/C14H17F5O5S.C5H5F5O5S/c15-13(16,17)10(14(18,19)25(21,22)23)24-11(20)12-4-7-1-8(5-12)3-9(2-7)6-12;1-2(11)15-3(4(6,7)8)5(9,10)16(12,13)14/h7-10H,1-6H2,(H,21,22,23);3H,1H3,(H,12,13,14). The van der Waals surface area contributed by atoms with Crippen molar-refractivity contribution in [2.24, 2.45) is 23.2 Å². The Labute approximate surface area is 225 Å². The van der Waals surface area contributed by atoms with E-state index in [2.05, 4.69) is 9.47 Å². The second-order valence-corrected chi connectivity index (χ2v) is 13.1. The minimum atomic E-state index is -6.42. The molecule has 4 aliphatic carbocycles. The average Bonchev–Trinajstić information content (AvgIpc) is 2.71. The lowest BCUT2D eigenvalue weighted by molar-refractivity contribution is -0.266. The van der Waals surface area contributed by atoms with Gasteiger partial charge in [-0.25, -0.2) is 0 Å². The van der Waals surface area contributed by atoms with Crippen molar-refractivity contribution in [1.29, 1.82) is 0 Å². The SMILES string of the molecule is CC(=O)OC(C(F)(F)F)C(F)(F)S(=O)(=O)O.O=C(OC(C(F)(F)F)C(F)(F)S(=O)(=O)O)C12CC3CC(CC(C3)C1)C2. The van der Waals surface area contributed by atoms with Crippen molar-refractivity contribution < 1.29 is 88.9 Å². The fraction of sp³-hybridized carbons (Fsp3) is 0.895. The molecule has 4 saturated carbocycles. The molecule has 4 fully saturated rings. The highest BCUT2D eigenvalue weighted by atomic mass is 32.2. The topological polar surface area (TPSA) is 161 Å². The van der Waals surface area contributed by atoms with Crippen molar-refractivity contribution in [3.63, 3.8) is 0 Å². The summed E-state index contributed by atoms with van der Waals surface area (Å²) >= 11 is 0. The van der Waals surface area contributed by atoms with Crippen LogP contribution in [0.5, 0.6) is 0 Å². The summed E-state index contributed by atoms with van der Waals surface area (Å²) in [6, 6.07) is 0. The average molecular weight is 664 g/mol. The number of ether oxygens (including phenoxy) is 2. The Morgan fingerprint density at radius 1 is 0.683 bits per heavy atom. The summed E-state index contributed by atoms with van der Waals surface area (Å²) in [5.74, 6) is -2.79. The first-order valence-electron chi connectivity index (χ1n) is 11.3. The highest BCUT2D eigenvalue weighted by molar-refractivity contribution is 7.87. The molecule has 41 heavy (non-hydrogen) atoms. The highest BCUT2D eigenvalue weighted by Gasteiger charge is 2.68. The molecule has 0 radical (unpaired) electrons. The predicted octanol–water partition coefficient (Wildman–Crippen LogP) is 4.12. The zero-order valence-corrected chi connectivity index (χ0v) is 22.0. The van der Waals surface area contributed by atoms with Gasteiger partial charge in [0.1, 0.15) is 0 Å².